The maximum absolute atomic E-state index is 12.4. The van der Waals surface area contributed by atoms with Crippen molar-refractivity contribution in [2.24, 2.45) is 0 Å². The Morgan fingerprint density at radius 3 is 2.68 bits per heavy atom. The molecule has 0 unspecified atom stereocenters. The molecule has 2 amide bonds. The van der Waals surface area contributed by atoms with Crippen LogP contribution in [0.5, 0.6) is 0 Å². The van der Waals surface area contributed by atoms with E-state index in [0.717, 1.165) is 16.8 Å². The molecule has 2 aromatic carbocycles. The summed E-state index contributed by atoms with van der Waals surface area (Å²) in [5, 5.41) is 2.08. The number of nitrogens with one attached hydrogen (secondary N) is 1. The molecular weight excluding hydrogens is 356 g/mol. The Balaban J connectivity index is 1.88. The fraction of sp³-hybridized carbons (Fsp3) is 0.263. The van der Waals surface area contributed by atoms with Crippen molar-refractivity contribution in [3.8, 4) is 0 Å². The first-order chi connectivity index (χ1) is 12.0. The van der Waals surface area contributed by atoms with Crippen molar-refractivity contribution in [2.45, 2.75) is 24.6 Å². The summed E-state index contributed by atoms with van der Waals surface area (Å²) in [7, 11) is 0. The molecule has 4 nitrogen and oxygen atoms in total. The summed E-state index contributed by atoms with van der Waals surface area (Å²) in [6.45, 7) is 3.65. The molecule has 1 heterocycles. The second kappa shape index (κ2) is 7.50. The molecule has 25 heavy (non-hydrogen) atoms. The first-order valence-electron chi connectivity index (χ1n) is 8.01. The van der Waals surface area contributed by atoms with E-state index in [9.17, 15) is 9.59 Å². The van der Waals surface area contributed by atoms with E-state index in [-0.39, 0.29) is 17.2 Å². The molecule has 0 bridgehead atoms. The van der Waals surface area contributed by atoms with Crippen LogP contribution in [0.4, 0.5) is 11.4 Å². The monoisotopic (exact) mass is 374 g/mol. The Kier molecular flexibility index (Phi) is 5.35. The first kappa shape index (κ1) is 17.8. The highest BCUT2D eigenvalue weighted by molar-refractivity contribution is 8.00. The maximum atomic E-state index is 12.4. The number of nitrogens with zero attached hydrogens (tertiary/aromatic N) is 1. The number of anilines is 2. The topological polar surface area (TPSA) is 49.4 Å². The van der Waals surface area contributed by atoms with Gasteiger partial charge in [0.25, 0.3) is 0 Å². The molecule has 0 saturated carbocycles. The molecular formula is C19H19ClN2O2S. The third-order valence-corrected chi connectivity index (χ3v) is 5.39. The van der Waals surface area contributed by atoms with Crippen LogP contribution in [-0.2, 0) is 9.59 Å². The molecule has 6 heteroatoms. The molecule has 2 atom stereocenters. The lowest BCUT2D eigenvalue weighted by molar-refractivity contribution is -0.116. The molecule has 0 aliphatic carbocycles. The number of rotatable bonds is 4. The van der Waals surface area contributed by atoms with Crippen LogP contribution in [-0.4, -0.2) is 22.9 Å². The summed E-state index contributed by atoms with van der Waals surface area (Å²) < 4.78 is 0. The fourth-order valence-corrected chi connectivity index (χ4v) is 3.89. The fourth-order valence-electron chi connectivity index (χ4n) is 2.67. The summed E-state index contributed by atoms with van der Waals surface area (Å²) >= 11 is 7.39. The Bertz CT molecular complexity index is 792. The van der Waals surface area contributed by atoms with Crippen molar-refractivity contribution in [3.63, 3.8) is 0 Å². The van der Waals surface area contributed by atoms with Crippen molar-refractivity contribution in [1.29, 1.82) is 0 Å². The molecule has 0 radical (unpaired) electrons. The normalized spacial score (nSPS) is 18.3. The summed E-state index contributed by atoms with van der Waals surface area (Å²) in [6.07, 6.45) is 0. The second-order valence-electron chi connectivity index (χ2n) is 5.99. The number of hydrogen-bond acceptors (Lipinski definition) is 3. The SMILES string of the molecule is Cc1ccc(N2C(=O)CS[C@H]2c2cccc(NC(=O)[C@@H](C)Cl)c2)cc1. The van der Waals surface area contributed by atoms with Gasteiger partial charge in [0.05, 0.1) is 5.75 Å². The molecule has 1 N–H and O–H groups in total. The van der Waals surface area contributed by atoms with E-state index in [1.165, 1.54) is 0 Å². The number of thioether (sulfide) groups is 1. The quantitative estimate of drug-likeness (QED) is 0.810. The van der Waals surface area contributed by atoms with E-state index in [0.29, 0.717) is 11.4 Å². The van der Waals surface area contributed by atoms with Gasteiger partial charge in [0.2, 0.25) is 11.8 Å². The highest BCUT2D eigenvalue weighted by Gasteiger charge is 2.34. The van der Waals surface area contributed by atoms with E-state index in [2.05, 4.69) is 5.32 Å². The Hall–Kier alpha value is -1.98. The van der Waals surface area contributed by atoms with Gasteiger partial charge in [0.15, 0.2) is 0 Å². The Morgan fingerprint density at radius 1 is 1.28 bits per heavy atom. The minimum Gasteiger partial charge on any atom is -0.325 e. The van der Waals surface area contributed by atoms with E-state index in [4.69, 9.17) is 11.6 Å². The largest absolute Gasteiger partial charge is 0.325 e. The molecule has 1 aliphatic heterocycles. The standard InChI is InChI=1S/C19H19ClN2O2S/c1-12-6-8-16(9-7-12)22-17(23)11-25-19(22)14-4-3-5-15(10-14)21-18(24)13(2)20/h3-10,13,19H,11H2,1-2H3,(H,21,24)/t13-,19+/m1/s1. The van der Waals surface area contributed by atoms with Crippen LogP contribution in [0.25, 0.3) is 0 Å². The van der Waals surface area contributed by atoms with Crippen molar-refractivity contribution in [3.05, 3.63) is 59.7 Å². The number of carbonyl (C=O) groups is 2. The molecule has 1 fully saturated rings. The van der Waals surface area contributed by atoms with Crippen molar-refractivity contribution >= 4 is 46.6 Å². The van der Waals surface area contributed by atoms with Crippen LogP contribution in [0, 0.1) is 6.92 Å². The third kappa shape index (κ3) is 3.99. The lowest BCUT2D eigenvalue weighted by Crippen LogP contribution is -2.27. The number of carbonyl (C=O) groups excluding carboxylic acids is 2. The van der Waals surface area contributed by atoms with Gasteiger partial charge in [0, 0.05) is 11.4 Å². The number of hydrogen-bond donors (Lipinski definition) is 1. The van der Waals surface area contributed by atoms with Crippen LogP contribution in [0.1, 0.15) is 23.4 Å². The highest BCUT2D eigenvalue weighted by Crippen LogP contribution is 2.42. The maximum Gasteiger partial charge on any atom is 0.242 e. The minimum absolute atomic E-state index is 0.0858. The van der Waals surface area contributed by atoms with E-state index < -0.39 is 5.38 Å². The zero-order valence-corrected chi connectivity index (χ0v) is 15.6. The van der Waals surface area contributed by atoms with Gasteiger partial charge in [-0.3, -0.25) is 14.5 Å². The molecule has 2 aromatic rings. The van der Waals surface area contributed by atoms with E-state index in [1.807, 2.05) is 60.4 Å². The molecule has 1 saturated heterocycles. The van der Waals surface area contributed by atoms with E-state index in [1.54, 1.807) is 18.7 Å². The zero-order valence-electron chi connectivity index (χ0n) is 14.0. The summed E-state index contributed by atoms with van der Waals surface area (Å²) in [5.74, 6) is 0.278. The van der Waals surface area contributed by atoms with Crippen LogP contribution in [0.15, 0.2) is 48.5 Å². The van der Waals surface area contributed by atoms with Crippen molar-refractivity contribution < 1.29 is 9.59 Å². The first-order valence-corrected chi connectivity index (χ1v) is 9.49. The average molecular weight is 375 g/mol. The van der Waals surface area contributed by atoms with Crippen LogP contribution >= 0.6 is 23.4 Å². The van der Waals surface area contributed by atoms with E-state index >= 15 is 0 Å². The molecule has 3 rings (SSSR count). The van der Waals surface area contributed by atoms with Gasteiger partial charge in [-0.05, 0) is 43.7 Å². The zero-order chi connectivity index (χ0) is 18.0. The number of benzene rings is 2. The van der Waals surface area contributed by atoms with Crippen LogP contribution in [0.2, 0.25) is 0 Å². The number of aryl methyl sites for hydroxylation is 1. The van der Waals surface area contributed by atoms with Gasteiger partial charge in [-0.1, -0.05) is 29.8 Å². The summed E-state index contributed by atoms with van der Waals surface area (Å²) in [5.41, 5.74) is 3.68. The van der Waals surface area contributed by atoms with Crippen LogP contribution < -0.4 is 10.2 Å². The van der Waals surface area contributed by atoms with Gasteiger partial charge in [0.1, 0.15) is 10.8 Å². The highest BCUT2D eigenvalue weighted by atomic mass is 35.5. The average Bonchev–Trinajstić information content (AvgIpc) is 2.97. The molecule has 1 aliphatic rings. The molecule has 0 spiro atoms. The van der Waals surface area contributed by atoms with Gasteiger partial charge in [-0.25, -0.2) is 0 Å². The van der Waals surface area contributed by atoms with Gasteiger partial charge in [-0.15, -0.1) is 23.4 Å². The van der Waals surface area contributed by atoms with Gasteiger partial charge in [-0.2, -0.15) is 0 Å². The number of halogens is 1. The molecule has 130 valence electrons. The van der Waals surface area contributed by atoms with Crippen molar-refractivity contribution in [2.75, 3.05) is 16.0 Å². The Labute approximate surface area is 156 Å². The predicted octanol–water partition coefficient (Wildman–Crippen LogP) is 4.34. The third-order valence-electron chi connectivity index (χ3n) is 3.98. The van der Waals surface area contributed by atoms with Gasteiger partial charge < -0.3 is 5.32 Å². The second-order valence-corrected chi connectivity index (χ2v) is 7.72. The minimum atomic E-state index is -0.602. The summed E-state index contributed by atoms with van der Waals surface area (Å²) in [4.78, 5) is 26.0. The lowest BCUT2D eigenvalue weighted by Gasteiger charge is -2.25. The predicted molar refractivity (Wildman–Crippen MR) is 104 cm³/mol. The molecule has 0 aromatic heterocycles. The lowest BCUT2D eigenvalue weighted by atomic mass is 10.1. The van der Waals surface area contributed by atoms with Crippen molar-refractivity contribution in [1.82, 2.24) is 0 Å². The van der Waals surface area contributed by atoms with Crippen LogP contribution in [0.3, 0.4) is 0 Å². The number of amides is 2. The Morgan fingerprint density at radius 2 is 2.00 bits per heavy atom. The number of alkyl halides is 1. The van der Waals surface area contributed by atoms with Gasteiger partial charge >= 0.3 is 0 Å². The summed E-state index contributed by atoms with van der Waals surface area (Å²) in [6, 6.07) is 15.5. The smallest absolute Gasteiger partial charge is 0.242 e.